The zero-order valence-corrected chi connectivity index (χ0v) is 11.1. The Bertz CT molecular complexity index is 705. The van der Waals surface area contributed by atoms with Crippen molar-refractivity contribution in [3.8, 4) is 11.8 Å². The van der Waals surface area contributed by atoms with Crippen molar-refractivity contribution in [2.45, 2.75) is 6.42 Å². The Morgan fingerprint density at radius 3 is 3.00 bits per heavy atom. The molecule has 0 fully saturated rings. The Labute approximate surface area is 121 Å². The number of rotatable bonds is 3. The molecule has 106 valence electrons. The van der Waals surface area contributed by atoms with E-state index in [1.165, 1.54) is 12.3 Å². The average molecular weight is 284 g/mol. The van der Waals surface area contributed by atoms with Crippen LogP contribution in [0.1, 0.15) is 22.3 Å². The molecule has 4 nitrogen and oxygen atoms in total. The van der Waals surface area contributed by atoms with E-state index in [0.717, 1.165) is 6.20 Å². The van der Waals surface area contributed by atoms with Crippen LogP contribution >= 0.6 is 0 Å². The minimum Gasteiger partial charge on any atom is -0.395 e. The van der Waals surface area contributed by atoms with Gasteiger partial charge in [-0.1, -0.05) is 17.9 Å². The number of nitrogens with zero attached hydrogens (tertiary/aromatic N) is 1. The zero-order chi connectivity index (χ0) is 15.1. The molecule has 0 saturated heterocycles. The molecule has 5 heteroatoms. The summed E-state index contributed by atoms with van der Waals surface area (Å²) in [4.78, 5) is 15.6. The number of anilines is 1. The molecule has 0 spiro atoms. The summed E-state index contributed by atoms with van der Waals surface area (Å²) in [5.74, 6) is 4.44. The van der Waals surface area contributed by atoms with Crippen LogP contribution in [0.5, 0.6) is 0 Å². The first-order valence-corrected chi connectivity index (χ1v) is 6.31. The van der Waals surface area contributed by atoms with Crippen molar-refractivity contribution >= 4 is 11.6 Å². The van der Waals surface area contributed by atoms with Crippen LogP contribution < -0.4 is 5.32 Å². The number of carbonyl (C=O) groups is 1. The molecule has 0 unspecified atom stereocenters. The predicted molar refractivity (Wildman–Crippen MR) is 77.2 cm³/mol. The highest BCUT2D eigenvalue weighted by atomic mass is 19.1. The van der Waals surface area contributed by atoms with Gasteiger partial charge in [0.1, 0.15) is 0 Å². The molecule has 0 aliphatic carbocycles. The minimum atomic E-state index is -0.672. The van der Waals surface area contributed by atoms with Crippen molar-refractivity contribution in [2.75, 3.05) is 11.9 Å². The second-order valence-electron chi connectivity index (χ2n) is 4.17. The molecule has 1 amide bonds. The Hall–Kier alpha value is -2.71. The van der Waals surface area contributed by atoms with Gasteiger partial charge in [-0.25, -0.2) is 4.39 Å². The summed E-state index contributed by atoms with van der Waals surface area (Å²) in [6.07, 6.45) is 2.74. The summed E-state index contributed by atoms with van der Waals surface area (Å²) >= 11 is 0. The van der Waals surface area contributed by atoms with Crippen molar-refractivity contribution in [2.24, 2.45) is 0 Å². The molecule has 0 aliphatic rings. The van der Waals surface area contributed by atoms with Crippen LogP contribution in [0, 0.1) is 17.7 Å². The lowest BCUT2D eigenvalue weighted by molar-refractivity contribution is 0.102. The van der Waals surface area contributed by atoms with Crippen LogP contribution in [0.25, 0.3) is 0 Å². The summed E-state index contributed by atoms with van der Waals surface area (Å²) in [7, 11) is 0. The molecule has 0 aliphatic heterocycles. The third kappa shape index (κ3) is 4.13. The van der Waals surface area contributed by atoms with Crippen LogP contribution in [-0.4, -0.2) is 22.6 Å². The minimum absolute atomic E-state index is 0.00471. The van der Waals surface area contributed by atoms with E-state index < -0.39 is 11.7 Å². The third-order valence-corrected chi connectivity index (χ3v) is 2.61. The molecule has 2 rings (SSSR count). The maximum Gasteiger partial charge on any atom is 0.258 e. The highest BCUT2D eigenvalue weighted by Gasteiger charge is 2.11. The molecule has 2 aromatic rings. The topological polar surface area (TPSA) is 62.2 Å². The summed E-state index contributed by atoms with van der Waals surface area (Å²) in [6, 6.07) is 8.21. The first-order chi connectivity index (χ1) is 10.2. The zero-order valence-electron chi connectivity index (χ0n) is 11.1. The molecule has 0 saturated carbocycles. The van der Waals surface area contributed by atoms with Crippen LogP contribution in [0.3, 0.4) is 0 Å². The fourth-order valence-corrected chi connectivity index (χ4v) is 1.65. The van der Waals surface area contributed by atoms with Gasteiger partial charge in [0, 0.05) is 23.9 Å². The molecule has 0 radical (unpaired) electrons. The molecule has 1 aromatic carbocycles. The summed E-state index contributed by atoms with van der Waals surface area (Å²) in [6.45, 7) is 0.00471. The Kier molecular flexibility index (Phi) is 5.02. The van der Waals surface area contributed by atoms with Crippen LogP contribution in [0.15, 0.2) is 42.7 Å². The van der Waals surface area contributed by atoms with Crippen LogP contribution in [0.4, 0.5) is 10.1 Å². The Balaban J connectivity index is 2.14. The number of nitrogens with one attached hydrogen (secondary N) is 1. The van der Waals surface area contributed by atoms with Gasteiger partial charge in [-0.05, 0) is 24.3 Å². The lowest BCUT2D eigenvalue weighted by atomic mass is 10.2. The monoisotopic (exact) mass is 284 g/mol. The van der Waals surface area contributed by atoms with Gasteiger partial charge in [-0.3, -0.25) is 9.78 Å². The number of hydrogen-bond donors (Lipinski definition) is 2. The molecule has 0 atom stereocenters. The Morgan fingerprint density at radius 1 is 1.38 bits per heavy atom. The fraction of sp³-hybridized carbons (Fsp3) is 0.125. The van der Waals surface area contributed by atoms with Gasteiger partial charge in [0.2, 0.25) is 0 Å². The van der Waals surface area contributed by atoms with Gasteiger partial charge in [0.15, 0.2) is 5.82 Å². The van der Waals surface area contributed by atoms with Gasteiger partial charge >= 0.3 is 0 Å². The predicted octanol–water partition coefficient (Wildman–Crippen LogP) is 2.21. The highest BCUT2D eigenvalue weighted by molar-refractivity contribution is 6.04. The number of hydrogen-bond acceptors (Lipinski definition) is 3. The first-order valence-electron chi connectivity index (χ1n) is 6.31. The van der Waals surface area contributed by atoms with Gasteiger partial charge in [0.05, 0.1) is 18.4 Å². The number of aliphatic hydroxyl groups excluding tert-OH is 1. The SMILES string of the molecule is O=C(Nc1cccc(C#CCCO)c1)c1ccncc1F. The largest absolute Gasteiger partial charge is 0.395 e. The van der Waals surface area contributed by atoms with Gasteiger partial charge in [-0.2, -0.15) is 0 Å². The second kappa shape index (κ2) is 7.17. The van der Waals surface area contributed by atoms with E-state index in [9.17, 15) is 9.18 Å². The summed E-state index contributed by atoms with van der Waals surface area (Å²) in [5.41, 5.74) is 1.16. The molecule has 1 heterocycles. The Morgan fingerprint density at radius 2 is 2.24 bits per heavy atom. The number of aromatic nitrogens is 1. The summed E-state index contributed by atoms with van der Waals surface area (Å²) in [5, 5.41) is 11.3. The maximum atomic E-state index is 13.5. The van der Waals surface area contributed by atoms with Crippen molar-refractivity contribution in [3.05, 3.63) is 59.7 Å². The lowest BCUT2D eigenvalue weighted by Gasteiger charge is -2.06. The van der Waals surface area contributed by atoms with Crippen molar-refractivity contribution in [1.29, 1.82) is 0 Å². The highest BCUT2D eigenvalue weighted by Crippen LogP contribution is 2.13. The number of aliphatic hydroxyl groups is 1. The summed E-state index contributed by atoms with van der Waals surface area (Å²) < 4.78 is 13.5. The van der Waals surface area contributed by atoms with E-state index >= 15 is 0 Å². The average Bonchev–Trinajstić information content (AvgIpc) is 2.48. The number of carbonyl (C=O) groups excluding carboxylic acids is 1. The molecule has 0 bridgehead atoms. The number of amides is 1. The molecule has 2 N–H and O–H groups in total. The van der Waals surface area contributed by atoms with Crippen LogP contribution in [-0.2, 0) is 0 Å². The van der Waals surface area contributed by atoms with Gasteiger partial charge < -0.3 is 10.4 Å². The quantitative estimate of drug-likeness (QED) is 0.849. The van der Waals surface area contributed by atoms with E-state index in [0.29, 0.717) is 17.7 Å². The van der Waals surface area contributed by atoms with E-state index in [2.05, 4.69) is 22.1 Å². The first kappa shape index (κ1) is 14.7. The molecule has 1 aromatic heterocycles. The third-order valence-electron chi connectivity index (χ3n) is 2.61. The number of halogens is 1. The lowest BCUT2D eigenvalue weighted by Crippen LogP contribution is -2.13. The van der Waals surface area contributed by atoms with E-state index in [1.807, 2.05) is 0 Å². The van der Waals surface area contributed by atoms with Crippen molar-refractivity contribution in [3.63, 3.8) is 0 Å². The molecular weight excluding hydrogens is 271 g/mol. The number of pyridine rings is 1. The standard InChI is InChI=1S/C16H13FN2O2/c17-15-11-18-8-7-14(15)16(21)19-13-6-3-5-12(10-13)4-1-2-9-20/h3,5-8,10-11,20H,2,9H2,(H,19,21). The maximum absolute atomic E-state index is 13.5. The molecule has 21 heavy (non-hydrogen) atoms. The van der Waals surface area contributed by atoms with Crippen molar-refractivity contribution < 1.29 is 14.3 Å². The van der Waals surface area contributed by atoms with E-state index in [-0.39, 0.29) is 12.2 Å². The van der Waals surface area contributed by atoms with Crippen molar-refractivity contribution in [1.82, 2.24) is 4.98 Å². The van der Waals surface area contributed by atoms with E-state index in [1.54, 1.807) is 24.3 Å². The fourth-order valence-electron chi connectivity index (χ4n) is 1.65. The van der Waals surface area contributed by atoms with Crippen LogP contribution in [0.2, 0.25) is 0 Å². The van der Waals surface area contributed by atoms with Gasteiger partial charge in [0.25, 0.3) is 5.91 Å². The molecular formula is C16H13FN2O2. The smallest absolute Gasteiger partial charge is 0.258 e. The second-order valence-corrected chi connectivity index (χ2v) is 4.17. The van der Waals surface area contributed by atoms with E-state index in [4.69, 9.17) is 5.11 Å². The number of benzene rings is 1. The van der Waals surface area contributed by atoms with Gasteiger partial charge in [-0.15, -0.1) is 0 Å². The normalized spacial score (nSPS) is 9.62.